The van der Waals surface area contributed by atoms with Gasteiger partial charge in [0.25, 0.3) is 5.69 Å². The van der Waals surface area contributed by atoms with Crippen LogP contribution in [-0.4, -0.2) is 12.0 Å². The summed E-state index contributed by atoms with van der Waals surface area (Å²) in [5, 5.41) is 12.2. The molecule has 0 atom stereocenters. The number of nitrogens with zero attached hydrogens (tertiary/aromatic N) is 1. The van der Waals surface area contributed by atoms with E-state index >= 15 is 0 Å². The first-order chi connectivity index (χ1) is 7.22. The van der Waals surface area contributed by atoms with Crippen LogP contribution in [0.3, 0.4) is 0 Å². The molecule has 0 bridgehead atoms. The van der Waals surface area contributed by atoms with Crippen LogP contribution in [0.15, 0.2) is 36.4 Å². The summed E-state index contributed by atoms with van der Waals surface area (Å²) < 4.78 is 5.05. The Bertz CT molecular complexity index is 522. The highest BCUT2D eigenvalue weighted by molar-refractivity contribution is 5.91. The number of fused-ring (bicyclic) bond motifs is 1. The zero-order chi connectivity index (χ0) is 10.8. The molecule has 15 heavy (non-hydrogen) atoms. The topological polar surface area (TPSA) is 52.4 Å². The van der Waals surface area contributed by atoms with E-state index in [1.54, 1.807) is 31.4 Å². The number of hydrogen-bond acceptors (Lipinski definition) is 3. The van der Waals surface area contributed by atoms with E-state index in [1.807, 2.05) is 6.07 Å². The summed E-state index contributed by atoms with van der Waals surface area (Å²) in [7, 11) is 1.57. The van der Waals surface area contributed by atoms with Crippen LogP contribution in [0, 0.1) is 10.1 Å². The van der Waals surface area contributed by atoms with Crippen molar-refractivity contribution >= 4 is 16.5 Å². The largest absolute Gasteiger partial charge is 0.497 e. The van der Waals surface area contributed by atoms with Gasteiger partial charge in [-0.15, -0.1) is 0 Å². The van der Waals surface area contributed by atoms with E-state index in [1.165, 1.54) is 6.07 Å². The number of nitro groups is 1. The SMILES string of the molecule is COc1ccc2c([N+](=O)[O-])cccc2c1. The molecule has 0 radical (unpaired) electrons. The summed E-state index contributed by atoms with van der Waals surface area (Å²) >= 11 is 0. The van der Waals surface area contributed by atoms with Crippen LogP contribution in [0.1, 0.15) is 0 Å². The van der Waals surface area contributed by atoms with Gasteiger partial charge in [-0.3, -0.25) is 10.1 Å². The molecule has 0 spiro atoms. The highest BCUT2D eigenvalue weighted by atomic mass is 16.6. The third kappa shape index (κ3) is 1.61. The Morgan fingerprint density at radius 1 is 1.27 bits per heavy atom. The van der Waals surface area contributed by atoms with Crippen LogP contribution in [-0.2, 0) is 0 Å². The first kappa shape index (κ1) is 9.45. The summed E-state index contributed by atoms with van der Waals surface area (Å²) in [6.07, 6.45) is 0. The third-order valence-electron chi connectivity index (χ3n) is 2.26. The molecule has 2 aromatic rings. The molecule has 0 fully saturated rings. The fourth-order valence-corrected chi connectivity index (χ4v) is 1.53. The van der Waals surface area contributed by atoms with Crippen molar-refractivity contribution in [1.29, 1.82) is 0 Å². The lowest BCUT2D eigenvalue weighted by Crippen LogP contribution is -1.89. The van der Waals surface area contributed by atoms with Gasteiger partial charge < -0.3 is 4.74 Å². The second-order valence-corrected chi connectivity index (χ2v) is 3.12. The maximum absolute atomic E-state index is 10.7. The standard InChI is InChI=1S/C11H9NO3/c1-15-9-5-6-10-8(7-9)3-2-4-11(10)12(13)14/h2-7H,1H3. The first-order valence-corrected chi connectivity index (χ1v) is 4.43. The first-order valence-electron chi connectivity index (χ1n) is 4.43. The van der Waals surface area contributed by atoms with Gasteiger partial charge in [0.2, 0.25) is 0 Å². The fraction of sp³-hybridized carbons (Fsp3) is 0.0909. The van der Waals surface area contributed by atoms with Crippen LogP contribution in [0.25, 0.3) is 10.8 Å². The molecule has 4 nitrogen and oxygen atoms in total. The van der Waals surface area contributed by atoms with Crippen LogP contribution >= 0.6 is 0 Å². The zero-order valence-electron chi connectivity index (χ0n) is 8.14. The van der Waals surface area contributed by atoms with Crippen LogP contribution in [0.2, 0.25) is 0 Å². The Labute approximate surface area is 86.2 Å². The molecule has 2 rings (SSSR count). The van der Waals surface area contributed by atoms with Gasteiger partial charge in [0, 0.05) is 6.07 Å². The number of rotatable bonds is 2. The number of benzene rings is 2. The van der Waals surface area contributed by atoms with Gasteiger partial charge in [-0.2, -0.15) is 0 Å². The van der Waals surface area contributed by atoms with Crippen LogP contribution in [0.5, 0.6) is 5.75 Å². The molecule has 0 N–H and O–H groups in total. The number of nitro benzene ring substituents is 1. The highest BCUT2D eigenvalue weighted by Gasteiger charge is 2.10. The monoisotopic (exact) mass is 203 g/mol. The van der Waals surface area contributed by atoms with Gasteiger partial charge in [-0.25, -0.2) is 0 Å². The molecule has 0 aliphatic rings. The molecule has 2 aromatic carbocycles. The van der Waals surface area contributed by atoms with Crippen LogP contribution in [0.4, 0.5) is 5.69 Å². The normalized spacial score (nSPS) is 10.2. The van der Waals surface area contributed by atoms with Crippen molar-refractivity contribution in [1.82, 2.24) is 0 Å². The van der Waals surface area contributed by atoms with E-state index in [4.69, 9.17) is 4.74 Å². The number of methoxy groups -OCH3 is 1. The van der Waals surface area contributed by atoms with Crippen molar-refractivity contribution < 1.29 is 9.66 Å². The Hall–Kier alpha value is -2.10. The highest BCUT2D eigenvalue weighted by Crippen LogP contribution is 2.28. The Balaban J connectivity index is 2.72. The molecule has 76 valence electrons. The van der Waals surface area contributed by atoms with Crippen LogP contribution < -0.4 is 4.74 Å². The van der Waals surface area contributed by atoms with Gasteiger partial charge in [-0.1, -0.05) is 12.1 Å². The number of non-ortho nitro benzene ring substituents is 1. The lowest BCUT2D eigenvalue weighted by molar-refractivity contribution is -0.383. The van der Waals surface area contributed by atoms with Crippen molar-refractivity contribution in [2.75, 3.05) is 7.11 Å². The number of ether oxygens (including phenoxy) is 1. The number of hydrogen-bond donors (Lipinski definition) is 0. The van der Waals surface area contributed by atoms with Crippen molar-refractivity contribution in [2.24, 2.45) is 0 Å². The summed E-state index contributed by atoms with van der Waals surface area (Å²) in [5.41, 5.74) is 0.121. The van der Waals surface area contributed by atoms with Gasteiger partial charge in [0.05, 0.1) is 17.4 Å². The summed E-state index contributed by atoms with van der Waals surface area (Å²) in [6, 6.07) is 10.2. The summed E-state index contributed by atoms with van der Waals surface area (Å²) in [6.45, 7) is 0. The van der Waals surface area contributed by atoms with E-state index in [9.17, 15) is 10.1 Å². The minimum absolute atomic E-state index is 0.121. The van der Waals surface area contributed by atoms with Gasteiger partial charge in [0.15, 0.2) is 0 Å². The molecule has 0 aliphatic heterocycles. The van der Waals surface area contributed by atoms with Gasteiger partial charge >= 0.3 is 0 Å². The van der Waals surface area contributed by atoms with Gasteiger partial charge in [0.1, 0.15) is 5.75 Å². The summed E-state index contributed by atoms with van der Waals surface area (Å²) in [5.74, 6) is 0.697. The molecule has 0 aliphatic carbocycles. The summed E-state index contributed by atoms with van der Waals surface area (Å²) in [4.78, 5) is 10.4. The zero-order valence-corrected chi connectivity index (χ0v) is 8.14. The fourth-order valence-electron chi connectivity index (χ4n) is 1.53. The Morgan fingerprint density at radius 3 is 2.73 bits per heavy atom. The Kier molecular flexibility index (Phi) is 2.25. The molecule has 0 heterocycles. The molecule has 0 saturated carbocycles. The Morgan fingerprint density at radius 2 is 2.07 bits per heavy atom. The minimum atomic E-state index is -0.380. The van der Waals surface area contributed by atoms with E-state index in [0.29, 0.717) is 11.1 Å². The van der Waals surface area contributed by atoms with Crippen molar-refractivity contribution in [3.8, 4) is 5.75 Å². The predicted octanol–water partition coefficient (Wildman–Crippen LogP) is 2.76. The maximum atomic E-state index is 10.7. The third-order valence-corrected chi connectivity index (χ3v) is 2.26. The second kappa shape index (κ2) is 3.57. The van der Waals surface area contributed by atoms with E-state index < -0.39 is 0 Å². The van der Waals surface area contributed by atoms with E-state index in [0.717, 1.165) is 5.39 Å². The second-order valence-electron chi connectivity index (χ2n) is 3.12. The molecule has 0 unspecified atom stereocenters. The molecule has 0 aromatic heterocycles. The van der Waals surface area contributed by atoms with Gasteiger partial charge in [-0.05, 0) is 23.6 Å². The lowest BCUT2D eigenvalue weighted by atomic mass is 10.1. The molecule has 4 heteroatoms. The molecular weight excluding hydrogens is 194 g/mol. The van der Waals surface area contributed by atoms with Crippen molar-refractivity contribution in [2.45, 2.75) is 0 Å². The smallest absolute Gasteiger partial charge is 0.277 e. The molecule has 0 amide bonds. The quantitative estimate of drug-likeness (QED) is 0.557. The maximum Gasteiger partial charge on any atom is 0.277 e. The minimum Gasteiger partial charge on any atom is -0.497 e. The molecular formula is C11H9NO3. The van der Waals surface area contributed by atoms with E-state index in [-0.39, 0.29) is 10.6 Å². The lowest BCUT2D eigenvalue weighted by Gasteiger charge is -2.02. The van der Waals surface area contributed by atoms with E-state index in [2.05, 4.69) is 0 Å². The average molecular weight is 203 g/mol. The molecule has 0 saturated heterocycles. The average Bonchev–Trinajstić information content (AvgIpc) is 2.27. The van der Waals surface area contributed by atoms with Crippen molar-refractivity contribution in [3.05, 3.63) is 46.5 Å². The predicted molar refractivity (Wildman–Crippen MR) is 57.2 cm³/mol. The van der Waals surface area contributed by atoms with Crippen molar-refractivity contribution in [3.63, 3.8) is 0 Å².